The zero-order valence-electron chi connectivity index (χ0n) is 20.9. The summed E-state index contributed by atoms with van der Waals surface area (Å²) < 4.78 is 10.9. The number of hydrogen-bond acceptors (Lipinski definition) is 5. The first-order valence-corrected chi connectivity index (χ1v) is 12.2. The summed E-state index contributed by atoms with van der Waals surface area (Å²) >= 11 is 0. The Balaban J connectivity index is 1.69. The molecule has 3 rings (SSSR count). The van der Waals surface area contributed by atoms with Crippen molar-refractivity contribution < 1.29 is 29.0 Å². The van der Waals surface area contributed by atoms with Gasteiger partial charge >= 0.3 is 18.0 Å². The number of aliphatic carboxylic acids is 1. The molecule has 188 valence electrons. The minimum Gasteiger partial charge on any atom is -0.480 e. The van der Waals surface area contributed by atoms with E-state index in [-0.39, 0.29) is 18.9 Å². The molecule has 0 saturated carbocycles. The minimum atomic E-state index is -1.26. The van der Waals surface area contributed by atoms with Gasteiger partial charge in [-0.3, -0.25) is 4.79 Å². The van der Waals surface area contributed by atoms with Crippen LogP contribution in [0.1, 0.15) is 70.4 Å². The molecule has 1 aliphatic rings. The fourth-order valence-corrected chi connectivity index (χ4v) is 4.60. The van der Waals surface area contributed by atoms with E-state index in [0.29, 0.717) is 6.42 Å². The van der Waals surface area contributed by atoms with Gasteiger partial charge in [-0.05, 0) is 49.4 Å². The molecule has 2 aromatic carbocycles. The van der Waals surface area contributed by atoms with E-state index in [1.807, 2.05) is 55.5 Å². The predicted octanol–water partition coefficient (Wildman–Crippen LogP) is 5.52. The molecule has 7 heteroatoms. The summed E-state index contributed by atoms with van der Waals surface area (Å²) in [6.07, 6.45) is 1.12. The highest BCUT2D eigenvalue weighted by Crippen LogP contribution is 2.44. The van der Waals surface area contributed by atoms with E-state index in [1.54, 1.807) is 20.8 Å². The van der Waals surface area contributed by atoms with Crippen LogP contribution in [0.2, 0.25) is 0 Å². The number of hydrogen-bond donors (Lipinski definition) is 2. The number of alkyl carbamates (subject to hydrolysis) is 1. The fourth-order valence-electron chi connectivity index (χ4n) is 4.60. The second-order valence-electron chi connectivity index (χ2n) is 9.98. The maximum absolute atomic E-state index is 12.7. The zero-order valence-corrected chi connectivity index (χ0v) is 20.9. The molecule has 0 radical (unpaired) electrons. The lowest BCUT2D eigenvalue weighted by atomic mass is 9.90. The summed E-state index contributed by atoms with van der Waals surface area (Å²) in [5.41, 5.74) is 3.69. The molecule has 0 aliphatic heterocycles. The van der Waals surface area contributed by atoms with Gasteiger partial charge < -0.3 is 19.9 Å². The second kappa shape index (κ2) is 11.4. The van der Waals surface area contributed by atoms with Crippen LogP contribution in [0.25, 0.3) is 11.1 Å². The molecule has 2 aromatic rings. The number of fused-ring (bicyclic) bond motifs is 3. The number of carboxylic acid groups (broad SMARTS) is 1. The third kappa shape index (κ3) is 6.84. The lowest BCUT2D eigenvalue weighted by Crippen LogP contribution is -2.47. The Kier molecular flexibility index (Phi) is 8.54. The van der Waals surface area contributed by atoms with E-state index >= 15 is 0 Å². The third-order valence-electron chi connectivity index (χ3n) is 6.13. The Morgan fingerprint density at radius 3 is 2.09 bits per heavy atom. The van der Waals surface area contributed by atoms with E-state index in [0.717, 1.165) is 35.1 Å². The van der Waals surface area contributed by atoms with Crippen LogP contribution < -0.4 is 5.32 Å². The first-order chi connectivity index (χ1) is 16.6. The van der Waals surface area contributed by atoms with Crippen molar-refractivity contribution in [2.75, 3.05) is 6.61 Å². The number of ether oxygens (including phenoxy) is 2. The lowest BCUT2D eigenvalue weighted by molar-refractivity contribution is -0.156. The van der Waals surface area contributed by atoms with Crippen LogP contribution in [0.3, 0.4) is 0 Å². The minimum absolute atomic E-state index is 0.0812. The first-order valence-electron chi connectivity index (χ1n) is 12.2. The largest absolute Gasteiger partial charge is 0.480 e. The third-order valence-corrected chi connectivity index (χ3v) is 6.13. The highest BCUT2D eigenvalue weighted by molar-refractivity contribution is 5.82. The van der Waals surface area contributed by atoms with E-state index in [2.05, 4.69) is 5.32 Å². The second-order valence-corrected chi connectivity index (χ2v) is 9.98. The highest BCUT2D eigenvalue weighted by Gasteiger charge is 2.34. The number of benzene rings is 2. The van der Waals surface area contributed by atoms with Gasteiger partial charge in [0.2, 0.25) is 0 Å². The standard InChI is InChI=1S/C28H35NO6/c1-5-6-11-18(16-24(30)35-28(2,3)4)25(26(31)32)29-27(33)34-17-23-21-14-9-7-12-19(21)20-13-8-10-15-22(20)23/h7-10,12-15,18,23,25H,5-6,11,16-17H2,1-4H3,(H,29,33)(H,31,32)/t18-,25+/m1/s1. The molecule has 0 spiro atoms. The van der Waals surface area contributed by atoms with Gasteiger partial charge in [-0.1, -0.05) is 68.3 Å². The van der Waals surface area contributed by atoms with Crippen LogP contribution >= 0.6 is 0 Å². The molecule has 0 aromatic heterocycles. The molecule has 1 aliphatic carbocycles. The van der Waals surface area contributed by atoms with Gasteiger partial charge in [0.05, 0.1) is 6.42 Å². The number of esters is 1. The Hall–Kier alpha value is -3.35. The molecular weight excluding hydrogens is 446 g/mol. The molecule has 0 saturated heterocycles. The molecular formula is C28H35NO6. The summed E-state index contributed by atoms with van der Waals surface area (Å²) in [6, 6.07) is 14.7. The maximum atomic E-state index is 12.7. The van der Waals surface area contributed by atoms with Crippen molar-refractivity contribution in [2.24, 2.45) is 5.92 Å². The van der Waals surface area contributed by atoms with Gasteiger partial charge in [0, 0.05) is 11.8 Å². The van der Waals surface area contributed by atoms with E-state index < -0.39 is 35.6 Å². The van der Waals surface area contributed by atoms with Crippen LogP contribution in [-0.2, 0) is 19.1 Å². The van der Waals surface area contributed by atoms with Gasteiger partial charge in [-0.25, -0.2) is 9.59 Å². The topological polar surface area (TPSA) is 102 Å². The van der Waals surface area contributed by atoms with E-state index in [4.69, 9.17) is 9.47 Å². The molecule has 0 bridgehead atoms. The molecule has 0 heterocycles. The summed E-state index contributed by atoms with van der Waals surface area (Å²) in [5.74, 6) is -2.43. The molecule has 1 amide bonds. The van der Waals surface area contributed by atoms with Crippen molar-refractivity contribution in [1.29, 1.82) is 0 Å². The molecule has 35 heavy (non-hydrogen) atoms. The van der Waals surface area contributed by atoms with Crippen LogP contribution in [0.15, 0.2) is 48.5 Å². The number of amides is 1. The normalized spacial score (nSPS) is 14.4. The van der Waals surface area contributed by atoms with Crippen molar-refractivity contribution in [1.82, 2.24) is 5.32 Å². The summed E-state index contributed by atoms with van der Waals surface area (Å²) in [4.78, 5) is 37.2. The first kappa shape index (κ1) is 26.3. The quantitative estimate of drug-likeness (QED) is 0.434. The summed E-state index contributed by atoms with van der Waals surface area (Å²) in [6.45, 7) is 7.35. The molecule has 2 N–H and O–H groups in total. The Labute approximate surface area is 206 Å². The number of carbonyl (C=O) groups is 3. The highest BCUT2D eigenvalue weighted by atomic mass is 16.6. The van der Waals surface area contributed by atoms with Gasteiger partial charge in [-0.15, -0.1) is 0 Å². The SMILES string of the molecule is CCCC[C@H](CC(=O)OC(C)(C)C)[C@H](NC(=O)OCC1c2ccccc2-c2ccccc21)C(=O)O. The smallest absolute Gasteiger partial charge is 0.407 e. The monoisotopic (exact) mass is 481 g/mol. The van der Waals surface area contributed by atoms with Gasteiger partial charge in [0.1, 0.15) is 18.2 Å². The zero-order chi connectivity index (χ0) is 25.6. The van der Waals surface area contributed by atoms with Crippen molar-refractivity contribution in [2.45, 2.75) is 70.9 Å². The van der Waals surface area contributed by atoms with E-state index in [9.17, 15) is 19.5 Å². The van der Waals surface area contributed by atoms with Crippen molar-refractivity contribution >= 4 is 18.0 Å². The van der Waals surface area contributed by atoms with Crippen molar-refractivity contribution in [3.05, 3.63) is 59.7 Å². The lowest BCUT2D eigenvalue weighted by Gasteiger charge is -2.26. The average molecular weight is 482 g/mol. The van der Waals surface area contributed by atoms with Gasteiger partial charge in [0.15, 0.2) is 0 Å². The number of carboxylic acids is 1. The number of unbranched alkanes of at least 4 members (excludes halogenated alkanes) is 1. The molecule has 0 fully saturated rings. The average Bonchev–Trinajstić information content (AvgIpc) is 3.11. The van der Waals surface area contributed by atoms with Gasteiger partial charge in [-0.2, -0.15) is 0 Å². The fraction of sp³-hybridized carbons (Fsp3) is 0.464. The Bertz CT molecular complexity index is 1010. The summed E-state index contributed by atoms with van der Waals surface area (Å²) in [5, 5.41) is 12.4. The van der Waals surface area contributed by atoms with E-state index in [1.165, 1.54) is 0 Å². The Morgan fingerprint density at radius 1 is 1.00 bits per heavy atom. The molecule has 7 nitrogen and oxygen atoms in total. The van der Waals surface area contributed by atoms with Crippen LogP contribution in [0.4, 0.5) is 4.79 Å². The number of nitrogens with one attached hydrogen (secondary N) is 1. The van der Waals surface area contributed by atoms with Crippen LogP contribution in [0, 0.1) is 5.92 Å². The van der Waals surface area contributed by atoms with Gasteiger partial charge in [0.25, 0.3) is 0 Å². The van der Waals surface area contributed by atoms with Crippen molar-refractivity contribution in [3.8, 4) is 11.1 Å². The van der Waals surface area contributed by atoms with Crippen LogP contribution in [0.5, 0.6) is 0 Å². The molecule has 2 atom stereocenters. The maximum Gasteiger partial charge on any atom is 0.407 e. The number of rotatable bonds is 10. The number of carbonyl (C=O) groups excluding carboxylic acids is 2. The van der Waals surface area contributed by atoms with Crippen molar-refractivity contribution in [3.63, 3.8) is 0 Å². The summed E-state index contributed by atoms with van der Waals surface area (Å²) in [7, 11) is 0. The molecule has 0 unspecified atom stereocenters. The van der Waals surface area contributed by atoms with Crippen LogP contribution in [-0.4, -0.2) is 41.4 Å². The predicted molar refractivity (Wildman–Crippen MR) is 133 cm³/mol. The Morgan fingerprint density at radius 2 is 1.57 bits per heavy atom.